The first kappa shape index (κ1) is 19.2. The molecular formula is C23H28N2O2. The zero-order valence-corrected chi connectivity index (χ0v) is 16.6. The monoisotopic (exact) mass is 364 g/mol. The summed E-state index contributed by atoms with van der Waals surface area (Å²) in [5, 5.41) is 3.02. The third kappa shape index (κ3) is 3.90. The van der Waals surface area contributed by atoms with Crippen LogP contribution >= 0.6 is 0 Å². The molecule has 1 heterocycles. The van der Waals surface area contributed by atoms with Gasteiger partial charge in [0.1, 0.15) is 0 Å². The molecule has 1 aliphatic heterocycles. The van der Waals surface area contributed by atoms with E-state index in [4.69, 9.17) is 0 Å². The molecule has 0 aliphatic carbocycles. The first-order chi connectivity index (χ1) is 12.7. The number of carbonyl (C=O) groups is 2. The van der Waals surface area contributed by atoms with E-state index in [-0.39, 0.29) is 23.7 Å². The predicted octanol–water partition coefficient (Wildman–Crippen LogP) is 3.70. The second-order valence-electron chi connectivity index (χ2n) is 8.64. The highest BCUT2D eigenvalue weighted by atomic mass is 16.2. The minimum atomic E-state index is -0.866. The lowest BCUT2D eigenvalue weighted by Crippen LogP contribution is -2.45. The molecule has 2 amide bonds. The predicted molar refractivity (Wildman–Crippen MR) is 109 cm³/mol. The Hall–Kier alpha value is -2.62. The number of para-hydroxylation sites is 1. The highest BCUT2D eigenvalue weighted by Crippen LogP contribution is 2.45. The van der Waals surface area contributed by atoms with Crippen molar-refractivity contribution in [1.82, 2.24) is 5.32 Å². The lowest BCUT2D eigenvalue weighted by atomic mass is 9.73. The molecule has 2 aromatic rings. The molecule has 0 saturated carbocycles. The van der Waals surface area contributed by atoms with Crippen LogP contribution in [0.4, 0.5) is 5.69 Å². The second kappa shape index (κ2) is 7.18. The minimum absolute atomic E-state index is 0.00334. The SMILES string of the molecule is CN1C(=O)C(CC(=O)NCC(C)(C)C)(Cc2ccccc2)c2ccccc21. The van der Waals surface area contributed by atoms with E-state index in [1.54, 1.807) is 11.9 Å². The van der Waals surface area contributed by atoms with Gasteiger partial charge in [0.25, 0.3) is 0 Å². The maximum Gasteiger partial charge on any atom is 0.238 e. The Bertz CT molecular complexity index is 839. The van der Waals surface area contributed by atoms with E-state index >= 15 is 0 Å². The summed E-state index contributed by atoms with van der Waals surface area (Å²) in [6, 6.07) is 17.7. The number of amides is 2. The third-order valence-electron chi connectivity index (χ3n) is 5.12. The summed E-state index contributed by atoms with van der Waals surface area (Å²) >= 11 is 0. The number of rotatable bonds is 5. The van der Waals surface area contributed by atoms with Crippen molar-refractivity contribution in [3.8, 4) is 0 Å². The summed E-state index contributed by atoms with van der Waals surface area (Å²) in [5.74, 6) is -0.0993. The van der Waals surface area contributed by atoms with Crippen LogP contribution in [0.25, 0.3) is 0 Å². The number of likely N-dealkylation sites (N-methyl/N-ethyl adjacent to an activating group) is 1. The van der Waals surface area contributed by atoms with Gasteiger partial charge in [-0.25, -0.2) is 0 Å². The fourth-order valence-corrected chi connectivity index (χ4v) is 3.77. The van der Waals surface area contributed by atoms with Crippen LogP contribution in [0, 0.1) is 5.41 Å². The van der Waals surface area contributed by atoms with Gasteiger partial charge in [-0.2, -0.15) is 0 Å². The fourth-order valence-electron chi connectivity index (χ4n) is 3.77. The molecule has 0 fully saturated rings. The van der Waals surface area contributed by atoms with Crippen LogP contribution in [-0.4, -0.2) is 25.4 Å². The van der Waals surface area contributed by atoms with Crippen LogP contribution in [0.15, 0.2) is 54.6 Å². The summed E-state index contributed by atoms with van der Waals surface area (Å²) < 4.78 is 0. The first-order valence-electron chi connectivity index (χ1n) is 9.41. The van der Waals surface area contributed by atoms with Gasteiger partial charge >= 0.3 is 0 Å². The maximum absolute atomic E-state index is 13.4. The Morgan fingerprint density at radius 2 is 1.67 bits per heavy atom. The molecular weight excluding hydrogens is 336 g/mol. The van der Waals surface area contributed by atoms with Gasteiger partial charge in [-0.05, 0) is 29.0 Å². The number of anilines is 1. The van der Waals surface area contributed by atoms with E-state index in [9.17, 15) is 9.59 Å². The van der Waals surface area contributed by atoms with Crippen LogP contribution in [0.1, 0.15) is 38.3 Å². The number of fused-ring (bicyclic) bond motifs is 1. The van der Waals surface area contributed by atoms with Gasteiger partial charge in [0.05, 0.1) is 5.41 Å². The lowest BCUT2D eigenvalue weighted by molar-refractivity contribution is -0.129. The highest BCUT2D eigenvalue weighted by molar-refractivity contribution is 6.09. The number of carbonyl (C=O) groups excluding carboxylic acids is 2. The molecule has 142 valence electrons. The van der Waals surface area contributed by atoms with Crippen LogP contribution in [0.3, 0.4) is 0 Å². The average molecular weight is 364 g/mol. The zero-order valence-electron chi connectivity index (χ0n) is 16.6. The van der Waals surface area contributed by atoms with Crippen molar-refractivity contribution in [1.29, 1.82) is 0 Å². The van der Waals surface area contributed by atoms with Crippen LogP contribution in [0.2, 0.25) is 0 Å². The van der Waals surface area contributed by atoms with Gasteiger partial charge < -0.3 is 10.2 Å². The molecule has 1 N–H and O–H groups in total. The molecule has 1 unspecified atom stereocenters. The Labute approximate surface area is 161 Å². The zero-order chi connectivity index (χ0) is 19.7. The van der Waals surface area contributed by atoms with Crippen LogP contribution < -0.4 is 10.2 Å². The molecule has 0 spiro atoms. The molecule has 0 saturated heterocycles. The highest BCUT2D eigenvalue weighted by Gasteiger charge is 2.50. The van der Waals surface area contributed by atoms with E-state index in [2.05, 4.69) is 26.1 Å². The van der Waals surface area contributed by atoms with Gasteiger partial charge in [0, 0.05) is 25.7 Å². The smallest absolute Gasteiger partial charge is 0.238 e. The number of nitrogens with one attached hydrogen (secondary N) is 1. The van der Waals surface area contributed by atoms with E-state index in [0.29, 0.717) is 13.0 Å². The van der Waals surface area contributed by atoms with E-state index < -0.39 is 5.41 Å². The Morgan fingerprint density at radius 3 is 2.33 bits per heavy atom. The topological polar surface area (TPSA) is 49.4 Å². The Balaban J connectivity index is 1.98. The number of hydrogen-bond donors (Lipinski definition) is 1. The molecule has 2 aromatic carbocycles. The van der Waals surface area contributed by atoms with Gasteiger partial charge in [-0.3, -0.25) is 9.59 Å². The van der Waals surface area contributed by atoms with Crippen LogP contribution in [0.5, 0.6) is 0 Å². The molecule has 0 aromatic heterocycles. The molecule has 27 heavy (non-hydrogen) atoms. The van der Waals surface area contributed by atoms with Crippen molar-refractivity contribution in [2.75, 3.05) is 18.5 Å². The van der Waals surface area contributed by atoms with Gasteiger partial charge in [0.15, 0.2) is 0 Å². The number of benzene rings is 2. The minimum Gasteiger partial charge on any atom is -0.356 e. The van der Waals surface area contributed by atoms with Crippen LogP contribution in [-0.2, 0) is 21.4 Å². The second-order valence-corrected chi connectivity index (χ2v) is 8.64. The largest absolute Gasteiger partial charge is 0.356 e. The fraction of sp³-hybridized carbons (Fsp3) is 0.391. The van der Waals surface area contributed by atoms with Crippen molar-refractivity contribution in [3.63, 3.8) is 0 Å². The summed E-state index contributed by atoms with van der Waals surface area (Å²) in [7, 11) is 1.79. The van der Waals surface area contributed by atoms with Crippen molar-refractivity contribution in [3.05, 3.63) is 65.7 Å². The van der Waals surface area contributed by atoms with Crippen molar-refractivity contribution >= 4 is 17.5 Å². The first-order valence-corrected chi connectivity index (χ1v) is 9.41. The number of nitrogens with zero attached hydrogens (tertiary/aromatic N) is 1. The molecule has 1 aliphatic rings. The van der Waals surface area contributed by atoms with E-state index in [1.807, 2.05) is 54.6 Å². The molecule has 1 atom stereocenters. The van der Waals surface area contributed by atoms with Gasteiger partial charge in [-0.15, -0.1) is 0 Å². The summed E-state index contributed by atoms with van der Waals surface area (Å²) in [6.07, 6.45) is 0.662. The normalized spacial score (nSPS) is 19.1. The van der Waals surface area contributed by atoms with Gasteiger partial charge in [0.2, 0.25) is 11.8 Å². The summed E-state index contributed by atoms with van der Waals surface area (Å²) in [4.78, 5) is 27.9. The Kier molecular flexibility index (Phi) is 5.09. The molecule has 0 radical (unpaired) electrons. The maximum atomic E-state index is 13.4. The molecule has 3 rings (SSSR count). The summed E-state index contributed by atoms with van der Waals surface area (Å²) in [5.41, 5.74) is 2.01. The van der Waals surface area contributed by atoms with Crippen molar-refractivity contribution in [2.24, 2.45) is 5.41 Å². The average Bonchev–Trinajstić information content (AvgIpc) is 2.83. The Morgan fingerprint density at radius 1 is 1.04 bits per heavy atom. The van der Waals surface area contributed by atoms with Crippen molar-refractivity contribution in [2.45, 2.75) is 39.0 Å². The standard InChI is InChI=1S/C23H28N2O2/c1-22(2,3)16-24-20(26)15-23(14-17-10-6-5-7-11-17)18-12-8-9-13-19(18)25(4)21(23)27/h5-13H,14-16H2,1-4H3,(H,24,26). The lowest BCUT2D eigenvalue weighted by Gasteiger charge is -2.29. The van der Waals surface area contributed by atoms with Gasteiger partial charge in [-0.1, -0.05) is 69.3 Å². The quantitative estimate of drug-likeness (QED) is 0.879. The number of hydrogen-bond acceptors (Lipinski definition) is 2. The van der Waals surface area contributed by atoms with Crippen molar-refractivity contribution < 1.29 is 9.59 Å². The van der Waals surface area contributed by atoms with E-state index in [0.717, 1.165) is 16.8 Å². The van der Waals surface area contributed by atoms with E-state index in [1.165, 1.54) is 0 Å². The molecule has 4 nitrogen and oxygen atoms in total. The molecule has 0 bridgehead atoms. The third-order valence-corrected chi connectivity index (χ3v) is 5.12. The molecule has 4 heteroatoms. The summed E-state index contributed by atoms with van der Waals surface area (Å²) in [6.45, 7) is 6.82.